The molecule has 118 valence electrons. The average molecular weight is 343 g/mol. The lowest BCUT2D eigenvalue weighted by molar-refractivity contribution is 0.102. The number of aromatic nitrogens is 3. The van der Waals surface area contributed by atoms with Gasteiger partial charge in [0, 0.05) is 17.0 Å². The summed E-state index contributed by atoms with van der Waals surface area (Å²) in [5, 5.41) is 11.0. The van der Waals surface area contributed by atoms with Gasteiger partial charge in [0.25, 0.3) is 0 Å². The van der Waals surface area contributed by atoms with Crippen molar-refractivity contribution in [3.8, 4) is 0 Å². The van der Waals surface area contributed by atoms with Crippen LogP contribution in [0.15, 0.2) is 53.3 Å². The summed E-state index contributed by atoms with van der Waals surface area (Å²) in [4.78, 5) is 13.6. The molecular weight excluding hydrogens is 326 g/mol. The second-order valence-corrected chi connectivity index (χ2v) is 7.19. The van der Waals surface area contributed by atoms with Crippen LogP contribution in [-0.2, 0) is 13.0 Å². The normalized spacial score (nSPS) is 10.8. The van der Waals surface area contributed by atoms with Crippen molar-refractivity contribution in [2.75, 3.05) is 5.75 Å². The molecule has 0 bridgehead atoms. The molecule has 3 rings (SSSR count). The molecule has 0 aliphatic rings. The monoisotopic (exact) mass is 343 g/mol. The van der Waals surface area contributed by atoms with E-state index in [1.54, 1.807) is 17.7 Å². The maximum Gasteiger partial charge on any atom is 0.191 e. The van der Waals surface area contributed by atoms with E-state index in [4.69, 9.17) is 0 Å². The molecule has 0 spiro atoms. The molecule has 4 nitrogen and oxygen atoms in total. The highest BCUT2D eigenvalue weighted by Crippen LogP contribution is 2.18. The minimum atomic E-state index is 0.114. The van der Waals surface area contributed by atoms with Crippen molar-refractivity contribution in [2.45, 2.75) is 25.0 Å². The van der Waals surface area contributed by atoms with Gasteiger partial charge in [0.05, 0.1) is 5.75 Å². The van der Waals surface area contributed by atoms with Crippen LogP contribution < -0.4 is 0 Å². The van der Waals surface area contributed by atoms with Crippen LogP contribution in [0.3, 0.4) is 0 Å². The van der Waals surface area contributed by atoms with Gasteiger partial charge in [0.15, 0.2) is 10.9 Å². The summed E-state index contributed by atoms with van der Waals surface area (Å²) in [5.41, 5.74) is 1.90. The van der Waals surface area contributed by atoms with E-state index < -0.39 is 0 Å². The van der Waals surface area contributed by atoms with Crippen molar-refractivity contribution in [1.29, 1.82) is 0 Å². The van der Waals surface area contributed by atoms with E-state index in [9.17, 15) is 4.79 Å². The number of aryl methyl sites for hydroxylation is 3. The summed E-state index contributed by atoms with van der Waals surface area (Å²) in [6.07, 6.45) is 2.68. The fourth-order valence-corrected chi connectivity index (χ4v) is 3.68. The molecule has 0 fully saturated rings. The van der Waals surface area contributed by atoms with Gasteiger partial charge in [0.2, 0.25) is 0 Å². The van der Waals surface area contributed by atoms with E-state index >= 15 is 0 Å². The third-order valence-electron chi connectivity index (χ3n) is 3.47. The summed E-state index contributed by atoms with van der Waals surface area (Å²) in [6.45, 7) is 2.84. The Hall–Kier alpha value is -1.92. The SMILES string of the molecule is Cc1ccc(C(=O)CSc2nncn2CCc2cccs2)cc1. The van der Waals surface area contributed by atoms with E-state index in [1.807, 2.05) is 35.8 Å². The molecule has 2 heterocycles. The molecule has 3 aromatic rings. The lowest BCUT2D eigenvalue weighted by Gasteiger charge is -2.05. The molecule has 2 aromatic heterocycles. The van der Waals surface area contributed by atoms with Gasteiger partial charge in [-0.15, -0.1) is 21.5 Å². The lowest BCUT2D eigenvalue weighted by atomic mass is 10.1. The van der Waals surface area contributed by atoms with Crippen molar-refractivity contribution < 1.29 is 4.79 Å². The summed E-state index contributed by atoms with van der Waals surface area (Å²) in [7, 11) is 0. The molecule has 0 amide bonds. The highest BCUT2D eigenvalue weighted by atomic mass is 32.2. The van der Waals surface area contributed by atoms with Crippen molar-refractivity contribution >= 4 is 28.9 Å². The van der Waals surface area contributed by atoms with Crippen LogP contribution in [0.25, 0.3) is 0 Å². The number of carbonyl (C=O) groups excluding carboxylic acids is 1. The molecule has 0 N–H and O–H groups in total. The number of hydrogen-bond donors (Lipinski definition) is 0. The minimum absolute atomic E-state index is 0.114. The van der Waals surface area contributed by atoms with Gasteiger partial charge >= 0.3 is 0 Å². The smallest absolute Gasteiger partial charge is 0.191 e. The molecule has 6 heteroatoms. The topological polar surface area (TPSA) is 47.8 Å². The van der Waals surface area contributed by atoms with E-state index in [0.717, 1.165) is 29.2 Å². The average Bonchev–Trinajstić information content (AvgIpc) is 3.22. The van der Waals surface area contributed by atoms with Gasteiger partial charge in [-0.2, -0.15) is 0 Å². The Kier molecular flexibility index (Phi) is 5.25. The number of carbonyl (C=O) groups is 1. The van der Waals surface area contributed by atoms with Crippen molar-refractivity contribution in [2.24, 2.45) is 0 Å². The molecule has 0 aliphatic carbocycles. The molecule has 0 radical (unpaired) electrons. The largest absolute Gasteiger partial charge is 0.308 e. The first-order chi connectivity index (χ1) is 11.2. The lowest BCUT2D eigenvalue weighted by Crippen LogP contribution is -2.05. The highest BCUT2D eigenvalue weighted by Gasteiger charge is 2.10. The second kappa shape index (κ2) is 7.57. The fraction of sp³-hybridized carbons (Fsp3) is 0.235. The Morgan fingerprint density at radius 2 is 2.09 bits per heavy atom. The third-order valence-corrected chi connectivity index (χ3v) is 5.38. The molecule has 0 saturated heterocycles. The van der Waals surface area contributed by atoms with Crippen LogP contribution in [0.5, 0.6) is 0 Å². The van der Waals surface area contributed by atoms with Crippen molar-refractivity contribution in [3.05, 3.63) is 64.1 Å². The summed E-state index contributed by atoms with van der Waals surface area (Å²) < 4.78 is 2.01. The van der Waals surface area contributed by atoms with E-state index in [1.165, 1.54) is 16.6 Å². The first kappa shape index (κ1) is 16.0. The Morgan fingerprint density at radius 1 is 1.26 bits per heavy atom. The van der Waals surface area contributed by atoms with Gasteiger partial charge in [-0.25, -0.2) is 0 Å². The number of benzene rings is 1. The number of Topliss-reactive ketones (excluding diaryl/α,β-unsaturated/α-hetero) is 1. The number of nitrogens with zero attached hydrogens (tertiary/aromatic N) is 3. The van der Waals surface area contributed by atoms with E-state index in [2.05, 4.69) is 27.7 Å². The second-order valence-electron chi connectivity index (χ2n) is 5.21. The van der Waals surface area contributed by atoms with Crippen LogP contribution in [0.1, 0.15) is 20.8 Å². The maximum absolute atomic E-state index is 12.2. The standard InChI is InChI=1S/C17H17N3OS2/c1-13-4-6-14(7-5-13)16(21)11-23-17-19-18-12-20(17)9-8-15-3-2-10-22-15/h2-7,10,12H,8-9,11H2,1H3. The number of rotatable bonds is 7. The van der Waals surface area contributed by atoms with Crippen LogP contribution in [0.4, 0.5) is 0 Å². The Bertz CT molecular complexity index is 764. The minimum Gasteiger partial charge on any atom is -0.308 e. The van der Waals surface area contributed by atoms with Gasteiger partial charge < -0.3 is 4.57 Å². The Balaban J connectivity index is 1.57. The third kappa shape index (κ3) is 4.30. The molecule has 0 atom stereocenters. The van der Waals surface area contributed by atoms with E-state index in [-0.39, 0.29) is 5.78 Å². The van der Waals surface area contributed by atoms with Gasteiger partial charge in [-0.1, -0.05) is 47.7 Å². The molecule has 1 aromatic carbocycles. The van der Waals surface area contributed by atoms with Crippen molar-refractivity contribution in [1.82, 2.24) is 14.8 Å². The summed E-state index contributed by atoms with van der Waals surface area (Å²) in [5.74, 6) is 0.489. The number of ketones is 1. The van der Waals surface area contributed by atoms with Gasteiger partial charge in [-0.3, -0.25) is 4.79 Å². The quantitative estimate of drug-likeness (QED) is 0.483. The van der Waals surface area contributed by atoms with E-state index in [0.29, 0.717) is 5.75 Å². The fourth-order valence-electron chi connectivity index (χ4n) is 2.15. The zero-order valence-electron chi connectivity index (χ0n) is 12.8. The number of hydrogen-bond acceptors (Lipinski definition) is 5. The van der Waals surface area contributed by atoms with Gasteiger partial charge in [0.1, 0.15) is 6.33 Å². The van der Waals surface area contributed by atoms with Crippen LogP contribution in [0.2, 0.25) is 0 Å². The van der Waals surface area contributed by atoms with Crippen molar-refractivity contribution in [3.63, 3.8) is 0 Å². The number of thiophene rings is 1. The van der Waals surface area contributed by atoms with Gasteiger partial charge in [-0.05, 0) is 24.8 Å². The number of thioether (sulfide) groups is 1. The predicted molar refractivity (Wildman–Crippen MR) is 94.3 cm³/mol. The van der Waals surface area contributed by atoms with Crippen LogP contribution >= 0.6 is 23.1 Å². The predicted octanol–water partition coefficient (Wildman–Crippen LogP) is 3.87. The summed E-state index contributed by atoms with van der Waals surface area (Å²) in [6, 6.07) is 11.9. The molecule has 0 unspecified atom stereocenters. The van der Waals surface area contributed by atoms with Crippen LogP contribution in [0, 0.1) is 6.92 Å². The highest BCUT2D eigenvalue weighted by molar-refractivity contribution is 7.99. The zero-order chi connectivity index (χ0) is 16.1. The Morgan fingerprint density at radius 3 is 2.83 bits per heavy atom. The maximum atomic E-state index is 12.2. The summed E-state index contributed by atoms with van der Waals surface area (Å²) >= 11 is 3.19. The zero-order valence-corrected chi connectivity index (χ0v) is 14.4. The first-order valence-electron chi connectivity index (χ1n) is 7.35. The Labute approximate surface area is 143 Å². The molecule has 0 aliphatic heterocycles. The first-order valence-corrected chi connectivity index (χ1v) is 9.22. The molecule has 23 heavy (non-hydrogen) atoms. The van der Waals surface area contributed by atoms with Crippen LogP contribution in [-0.4, -0.2) is 26.3 Å². The molecule has 0 saturated carbocycles. The molecular formula is C17H17N3OS2.